The fraction of sp³-hybridized carbons (Fsp3) is 0.176. The largest absolute Gasteiger partial charge is 0.507 e. The van der Waals surface area contributed by atoms with E-state index in [0.717, 1.165) is 31.8 Å². The highest BCUT2D eigenvalue weighted by atomic mass is 32.1. The van der Waals surface area contributed by atoms with Gasteiger partial charge in [0.05, 0.1) is 35.5 Å². The highest BCUT2D eigenvalue weighted by molar-refractivity contribution is 7.16. The Morgan fingerprint density at radius 2 is 2.21 bits per heavy atom. The van der Waals surface area contributed by atoms with Gasteiger partial charge in [-0.3, -0.25) is 0 Å². The molecule has 1 amide bonds. The number of phenolic OH excluding ortho intramolecular Hbond substituents is 1. The van der Waals surface area contributed by atoms with Crippen LogP contribution in [0.15, 0.2) is 23.6 Å². The van der Waals surface area contributed by atoms with Gasteiger partial charge in [0.1, 0.15) is 15.8 Å². The van der Waals surface area contributed by atoms with Crippen molar-refractivity contribution in [3.8, 4) is 38.3 Å². The number of hydrogen-bond acceptors (Lipinski definition) is 10. The van der Waals surface area contributed by atoms with Crippen LogP contribution in [0.5, 0.6) is 5.75 Å². The predicted molar refractivity (Wildman–Crippen MR) is 107 cm³/mol. The van der Waals surface area contributed by atoms with Gasteiger partial charge in [-0.2, -0.15) is 5.21 Å². The van der Waals surface area contributed by atoms with E-state index in [-0.39, 0.29) is 5.75 Å². The summed E-state index contributed by atoms with van der Waals surface area (Å²) in [5, 5.41) is 30.0. The number of hydrogen-bond donors (Lipinski definition) is 3. The van der Waals surface area contributed by atoms with Gasteiger partial charge in [0.25, 0.3) is 0 Å². The standard InChI is InChI=1S/C17H15N7O3S2/c1-8-14(29-13(19-8)6-18-17(26)27-2)11-7-28-16(20-11)9-3-4-10(12(25)5-9)15-21-23-24-22-15/h3-5,7,25H,6H2,1-2H3,(H,18,26)(H,21,22,23,24). The molecule has 0 aliphatic carbocycles. The fourth-order valence-corrected chi connectivity index (χ4v) is 4.47. The molecular formula is C17H15N7O3S2. The van der Waals surface area contributed by atoms with Crippen LogP contribution in [0.4, 0.5) is 4.79 Å². The van der Waals surface area contributed by atoms with Gasteiger partial charge in [-0.05, 0) is 24.3 Å². The third-order valence-corrected chi connectivity index (χ3v) is 6.05. The molecule has 0 unspecified atom stereocenters. The second kappa shape index (κ2) is 7.93. The number of ether oxygens (including phenoxy) is 1. The minimum Gasteiger partial charge on any atom is -0.507 e. The Balaban J connectivity index is 1.57. The lowest BCUT2D eigenvalue weighted by Gasteiger charge is -2.02. The fourth-order valence-electron chi connectivity index (χ4n) is 2.63. The van der Waals surface area contributed by atoms with E-state index in [1.165, 1.54) is 29.8 Å². The minimum absolute atomic E-state index is 0.0470. The summed E-state index contributed by atoms with van der Waals surface area (Å²) < 4.78 is 4.57. The number of aryl methyl sites for hydroxylation is 1. The third kappa shape index (κ3) is 3.93. The quantitative estimate of drug-likeness (QED) is 0.440. The summed E-state index contributed by atoms with van der Waals surface area (Å²) in [6.45, 7) is 2.19. The van der Waals surface area contributed by atoms with Gasteiger partial charge in [0.2, 0.25) is 5.82 Å². The molecule has 4 rings (SSSR count). The van der Waals surface area contributed by atoms with Gasteiger partial charge in [0, 0.05) is 10.9 Å². The van der Waals surface area contributed by atoms with Gasteiger partial charge in [0.15, 0.2) is 0 Å². The Labute approximate surface area is 172 Å². The van der Waals surface area contributed by atoms with Crippen LogP contribution in [-0.2, 0) is 11.3 Å². The van der Waals surface area contributed by atoms with Crippen molar-refractivity contribution in [1.29, 1.82) is 0 Å². The maximum Gasteiger partial charge on any atom is 0.407 e. The molecule has 1 aromatic carbocycles. The summed E-state index contributed by atoms with van der Waals surface area (Å²) in [5.41, 5.74) is 2.90. The molecule has 3 heterocycles. The number of phenols is 1. The smallest absolute Gasteiger partial charge is 0.407 e. The van der Waals surface area contributed by atoms with Crippen molar-refractivity contribution in [3.05, 3.63) is 34.3 Å². The highest BCUT2D eigenvalue weighted by Gasteiger charge is 2.16. The molecule has 3 N–H and O–H groups in total. The zero-order valence-corrected chi connectivity index (χ0v) is 17.0. The first-order valence-corrected chi connectivity index (χ1v) is 10.1. The number of nitrogens with zero attached hydrogens (tertiary/aromatic N) is 5. The molecule has 0 bridgehead atoms. The molecule has 0 aliphatic heterocycles. The average Bonchev–Trinajstić information content (AvgIpc) is 3.46. The van der Waals surface area contributed by atoms with Gasteiger partial charge in [-0.1, -0.05) is 6.07 Å². The van der Waals surface area contributed by atoms with E-state index in [2.05, 4.69) is 40.6 Å². The van der Waals surface area contributed by atoms with Crippen LogP contribution in [0.2, 0.25) is 0 Å². The first-order chi connectivity index (χ1) is 14.0. The van der Waals surface area contributed by atoms with Crippen LogP contribution in [0, 0.1) is 6.92 Å². The second-order valence-electron chi connectivity index (χ2n) is 5.87. The molecular weight excluding hydrogens is 414 g/mol. The molecule has 12 heteroatoms. The number of methoxy groups -OCH3 is 1. The Hall–Kier alpha value is -3.38. The number of amides is 1. The van der Waals surface area contributed by atoms with Crippen molar-refractivity contribution in [2.45, 2.75) is 13.5 Å². The van der Waals surface area contributed by atoms with E-state index >= 15 is 0 Å². The number of benzene rings is 1. The van der Waals surface area contributed by atoms with Crippen molar-refractivity contribution >= 4 is 28.8 Å². The van der Waals surface area contributed by atoms with Crippen molar-refractivity contribution in [2.24, 2.45) is 0 Å². The highest BCUT2D eigenvalue weighted by Crippen LogP contribution is 2.36. The molecule has 0 spiro atoms. The van der Waals surface area contributed by atoms with E-state index in [1.54, 1.807) is 12.1 Å². The molecule has 4 aromatic rings. The van der Waals surface area contributed by atoms with Crippen LogP contribution in [0.25, 0.3) is 32.5 Å². The van der Waals surface area contributed by atoms with Crippen molar-refractivity contribution in [3.63, 3.8) is 0 Å². The number of carbonyl (C=O) groups excluding carboxylic acids is 1. The molecule has 0 atom stereocenters. The Kier molecular flexibility index (Phi) is 5.18. The Morgan fingerprint density at radius 3 is 2.93 bits per heavy atom. The lowest BCUT2D eigenvalue weighted by molar-refractivity contribution is 0.170. The predicted octanol–water partition coefficient (Wildman–Crippen LogP) is 2.98. The maximum absolute atomic E-state index is 11.2. The van der Waals surface area contributed by atoms with Crippen LogP contribution < -0.4 is 5.32 Å². The molecule has 0 radical (unpaired) electrons. The molecule has 0 fully saturated rings. The first-order valence-electron chi connectivity index (χ1n) is 8.36. The SMILES string of the molecule is COC(=O)NCc1nc(C)c(-c2csc(-c3ccc(-c4nn[nH]n4)c(O)c3)n2)s1. The van der Waals surface area contributed by atoms with Gasteiger partial charge in [-0.25, -0.2) is 14.8 Å². The van der Waals surface area contributed by atoms with Crippen molar-refractivity contribution < 1.29 is 14.6 Å². The number of nitrogens with one attached hydrogen (secondary N) is 2. The van der Waals surface area contributed by atoms with Crippen LogP contribution in [-0.4, -0.2) is 48.9 Å². The zero-order chi connectivity index (χ0) is 20.4. The molecule has 0 aliphatic rings. The number of alkyl carbamates (subject to hydrolysis) is 1. The number of aromatic hydroxyl groups is 1. The van der Waals surface area contributed by atoms with Crippen LogP contribution in [0.1, 0.15) is 10.7 Å². The molecule has 0 saturated heterocycles. The number of carbonyl (C=O) groups is 1. The monoisotopic (exact) mass is 429 g/mol. The summed E-state index contributed by atoms with van der Waals surface area (Å²) in [6, 6.07) is 5.20. The lowest BCUT2D eigenvalue weighted by atomic mass is 10.1. The lowest BCUT2D eigenvalue weighted by Crippen LogP contribution is -2.22. The minimum atomic E-state index is -0.501. The molecule has 148 valence electrons. The summed E-state index contributed by atoms with van der Waals surface area (Å²) in [5.74, 6) is 0.369. The van der Waals surface area contributed by atoms with Crippen molar-refractivity contribution in [2.75, 3.05) is 7.11 Å². The maximum atomic E-state index is 11.2. The Morgan fingerprint density at radius 1 is 1.34 bits per heavy atom. The molecule has 10 nitrogen and oxygen atoms in total. The summed E-state index contributed by atoms with van der Waals surface area (Å²) in [7, 11) is 1.32. The third-order valence-electron chi connectivity index (χ3n) is 3.98. The number of rotatable bonds is 5. The van der Waals surface area contributed by atoms with Gasteiger partial charge >= 0.3 is 6.09 Å². The molecule has 0 saturated carbocycles. The summed E-state index contributed by atoms with van der Waals surface area (Å²) in [4.78, 5) is 21.3. The first kappa shape index (κ1) is 19.0. The number of H-pyrrole nitrogens is 1. The molecule has 3 aromatic heterocycles. The topological polar surface area (TPSA) is 139 Å². The number of thiazole rings is 2. The average molecular weight is 429 g/mol. The summed E-state index contributed by atoms with van der Waals surface area (Å²) >= 11 is 2.93. The van der Waals surface area contributed by atoms with Crippen LogP contribution in [0.3, 0.4) is 0 Å². The normalized spacial score (nSPS) is 10.8. The number of aromatic nitrogens is 6. The van der Waals surface area contributed by atoms with E-state index in [4.69, 9.17) is 0 Å². The van der Waals surface area contributed by atoms with Crippen LogP contribution >= 0.6 is 22.7 Å². The summed E-state index contributed by atoms with van der Waals surface area (Å²) in [6.07, 6.45) is -0.501. The van der Waals surface area contributed by atoms with E-state index < -0.39 is 6.09 Å². The number of tetrazole rings is 1. The van der Waals surface area contributed by atoms with Gasteiger partial charge < -0.3 is 15.2 Å². The van der Waals surface area contributed by atoms with Crippen molar-refractivity contribution in [1.82, 2.24) is 35.9 Å². The number of aromatic amines is 1. The second-order valence-corrected chi connectivity index (χ2v) is 7.81. The van der Waals surface area contributed by atoms with E-state index in [9.17, 15) is 9.90 Å². The zero-order valence-electron chi connectivity index (χ0n) is 15.3. The van der Waals surface area contributed by atoms with E-state index in [0.29, 0.717) is 17.9 Å². The van der Waals surface area contributed by atoms with E-state index in [1.807, 2.05) is 18.4 Å². The van der Waals surface area contributed by atoms with Gasteiger partial charge in [-0.15, -0.1) is 32.9 Å². The Bertz CT molecular complexity index is 1150. The molecule has 29 heavy (non-hydrogen) atoms.